The molecule has 114 valence electrons. The Bertz CT molecular complexity index is 476. The van der Waals surface area contributed by atoms with Gasteiger partial charge in [0.1, 0.15) is 5.75 Å². The van der Waals surface area contributed by atoms with E-state index in [0.717, 1.165) is 44.6 Å². The average molecular weight is 287 g/mol. The molecule has 4 rings (SSSR count). The molecule has 0 atom stereocenters. The van der Waals surface area contributed by atoms with E-state index >= 15 is 0 Å². The molecule has 21 heavy (non-hydrogen) atoms. The van der Waals surface area contributed by atoms with Crippen molar-refractivity contribution in [3.63, 3.8) is 0 Å². The molecule has 3 nitrogen and oxygen atoms in total. The van der Waals surface area contributed by atoms with Gasteiger partial charge in [0.25, 0.3) is 0 Å². The lowest BCUT2D eigenvalue weighted by atomic mass is 9.75. The summed E-state index contributed by atoms with van der Waals surface area (Å²) in [6.07, 6.45) is 6.65. The maximum Gasteiger partial charge on any atom is 0.119 e. The van der Waals surface area contributed by atoms with Crippen LogP contribution in [-0.4, -0.2) is 36.8 Å². The fraction of sp³-hybridized carbons (Fsp3) is 0.667. The normalized spacial score (nSPS) is 24.8. The van der Waals surface area contributed by atoms with Crippen LogP contribution in [0.1, 0.15) is 37.7 Å². The van der Waals surface area contributed by atoms with E-state index in [2.05, 4.69) is 29.2 Å². The van der Waals surface area contributed by atoms with Gasteiger partial charge in [-0.2, -0.15) is 0 Å². The molecule has 1 aliphatic heterocycles. The number of benzene rings is 1. The van der Waals surface area contributed by atoms with Crippen molar-refractivity contribution in [2.45, 2.75) is 44.2 Å². The zero-order valence-corrected chi connectivity index (χ0v) is 12.7. The third-order valence-electron chi connectivity index (χ3n) is 5.31. The second kappa shape index (κ2) is 5.62. The summed E-state index contributed by atoms with van der Waals surface area (Å²) in [6.45, 7) is 4.82. The monoisotopic (exact) mass is 287 g/mol. The number of hydrogen-bond donors (Lipinski definition) is 0. The molecule has 1 spiro atoms. The summed E-state index contributed by atoms with van der Waals surface area (Å²) < 4.78 is 11.5. The summed E-state index contributed by atoms with van der Waals surface area (Å²) in [5.74, 6) is 1.84. The van der Waals surface area contributed by atoms with Crippen LogP contribution in [0.15, 0.2) is 24.3 Å². The predicted molar refractivity (Wildman–Crippen MR) is 82.5 cm³/mol. The van der Waals surface area contributed by atoms with Gasteiger partial charge in [0.2, 0.25) is 0 Å². The van der Waals surface area contributed by atoms with E-state index in [1.54, 1.807) is 0 Å². The summed E-state index contributed by atoms with van der Waals surface area (Å²) in [7, 11) is 0. The van der Waals surface area contributed by atoms with Gasteiger partial charge in [-0.25, -0.2) is 0 Å². The second-order valence-electron chi connectivity index (χ2n) is 6.95. The first-order valence-electron chi connectivity index (χ1n) is 8.39. The molecule has 1 saturated heterocycles. The van der Waals surface area contributed by atoms with E-state index in [4.69, 9.17) is 9.47 Å². The van der Waals surface area contributed by atoms with Crippen LogP contribution >= 0.6 is 0 Å². The average Bonchev–Trinajstić information content (AvgIpc) is 3.30. The minimum atomic E-state index is 0.347. The molecule has 3 aliphatic rings. The summed E-state index contributed by atoms with van der Waals surface area (Å²) in [6, 6.07) is 8.71. The highest BCUT2D eigenvalue weighted by molar-refractivity contribution is 5.27. The molecule has 3 heteroatoms. The molecule has 0 bridgehead atoms. The number of morpholine rings is 1. The number of rotatable bonds is 5. The van der Waals surface area contributed by atoms with Gasteiger partial charge in [0.05, 0.1) is 19.8 Å². The lowest BCUT2D eigenvalue weighted by molar-refractivity contribution is -0.111. The van der Waals surface area contributed by atoms with Crippen molar-refractivity contribution in [1.82, 2.24) is 4.90 Å². The Balaban J connectivity index is 1.36. The van der Waals surface area contributed by atoms with Gasteiger partial charge in [-0.05, 0) is 55.7 Å². The summed E-state index contributed by atoms with van der Waals surface area (Å²) in [5, 5.41) is 0. The van der Waals surface area contributed by atoms with Crippen molar-refractivity contribution in [3.05, 3.63) is 29.8 Å². The fourth-order valence-corrected chi connectivity index (χ4v) is 3.47. The molecule has 0 amide bonds. The molecule has 0 radical (unpaired) electrons. The van der Waals surface area contributed by atoms with E-state index in [-0.39, 0.29) is 0 Å². The van der Waals surface area contributed by atoms with Gasteiger partial charge in [-0.15, -0.1) is 0 Å². The molecule has 0 aromatic heterocycles. The minimum Gasteiger partial charge on any atom is -0.493 e. The van der Waals surface area contributed by atoms with Crippen molar-refractivity contribution in [3.8, 4) is 5.75 Å². The Hall–Kier alpha value is -1.06. The van der Waals surface area contributed by atoms with Crippen LogP contribution in [0.3, 0.4) is 0 Å². The number of ether oxygens (including phenoxy) is 2. The SMILES string of the molecule is c1cc(OCC2CC2)ccc1CN1CCOCC12CCC2. The Morgan fingerprint density at radius 1 is 1.19 bits per heavy atom. The van der Waals surface area contributed by atoms with Crippen LogP contribution in [0.5, 0.6) is 5.75 Å². The highest BCUT2D eigenvalue weighted by Crippen LogP contribution is 2.40. The van der Waals surface area contributed by atoms with Crippen LogP contribution in [0.2, 0.25) is 0 Å². The van der Waals surface area contributed by atoms with Gasteiger partial charge in [-0.1, -0.05) is 12.1 Å². The largest absolute Gasteiger partial charge is 0.493 e. The van der Waals surface area contributed by atoms with E-state index in [1.807, 2.05) is 0 Å². The maximum atomic E-state index is 5.81. The topological polar surface area (TPSA) is 21.7 Å². The van der Waals surface area contributed by atoms with Gasteiger partial charge < -0.3 is 9.47 Å². The van der Waals surface area contributed by atoms with Crippen molar-refractivity contribution in [1.29, 1.82) is 0 Å². The van der Waals surface area contributed by atoms with Gasteiger partial charge in [0, 0.05) is 18.6 Å². The highest BCUT2D eigenvalue weighted by atomic mass is 16.5. The summed E-state index contributed by atoms with van der Waals surface area (Å²) in [5.41, 5.74) is 1.74. The van der Waals surface area contributed by atoms with Gasteiger partial charge in [0.15, 0.2) is 0 Å². The minimum absolute atomic E-state index is 0.347. The van der Waals surface area contributed by atoms with Crippen molar-refractivity contribution in [2.75, 3.05) is 26.4 Å². The summed E-state index contributed by atoms with van der Waals surface area (Å²) in [4.78, 5) is 2.64. The zero-order chi connectivity index (χ0) is 14.1. The maximum absolute atomic E-state index is 5.81. The molecule has 2 saturated carbocycles. The van der Waals surface area contributed by atoms with Crippen molar-refractivity contribution >= 4 is 0 Å². The lowest BCUT2D eigenvalue weighted by Gasteiger charge is -2.52. The Kier molecular flexibility index (Phi) is 3.64. The van der Waals surface area contributed by atoms with Crippen LogP contribution < -0.4 is 4.74 Å². The molecule has 3 fully saturated rings. The molecule has 1 heterocycles. The second-order valence-corrected chi connectivity index (χ2v) is 6.95. The first kappa shape index (κ1) is 13.6. The highest BCUT2D eigenvalue weighted by Gasteiger charge is 2.44. The quantitative estimate of drug-likeness (QED) is 0.830. The lowest BCUT2D eigenvalue weighted by Crippen LogP contribution is -2.60. The van der Waals surface area contributed by atoms with Gasteiger partial charge >= 0.3 is 0 Å². The Morgan fingerprint density at radius 3 is 2.67 bits per heavy atom. The van der Waals surface area contributed by atoms with Crippen LogP contribution in [0, 0.1) is 5.92 Å². The van der Waals surface area contributed by atoms with Crippen LogP contribution in [-0.2, 0) is 11.3 Å². The Labute approximate surface area is 127 Å². The van der Waals surface area contributed by atoms with E-state index in [9.17, 15) is 0 Å². The molecular weight excluding hydrogens is 262 g/mol. The van der Waals surface area contributed by atoms with E-state index in [1.165, 1.54) is 37.7 Å². The van der Waals surface area contributed by atoms with Crippen LogP contribution in [0.4, 0.5) is 0 Å². The van der Waals surface area contributed by atoms with Gasteiger partial charge in [-0.3, -0.25) is 4.90 Å². The summed E-state index contributed by atoms with van der Waals surface area (Å²) >= 11 is 0. The van der Waals surface area contributed by atoms with E-state index in [0.29, 0.717) is 5.54 Å². The van der Waals surface area contributed by atoms with Crippen molar-refractivity contribution in [2.24, 2.45) is 5.92 Å². The number of nitrogens with zero attached hydrogens (tertiary/aromatic N) is 1. The smallest absolute Gasteiger partial charge is 0.119 e. The molecule has 1 aromatic rings. The number of hydrogen-bond acceptors (Lipinski definition) is 3. The third-order valence-corrected chi connectivity index (χ3v) is 5.31. The molecule has 0 unspecified atom stereocenters. The Morgan fingerprint density at radius 2 is 2.00 bits per heavy atom. The molecule has 1 aromatic carbocycles. The van der Waals surface area contributed by atoms with Crippen molar-refractivity contribution < 1.29 is 9.47 Å². The first-order valence-corrected chi connectivity index (χ1v) is 8.39. The third kappa shape index (κ3) is 2.95. The molecule has 2 aliphatic carbocycles. The predicted octanol–water partition coefficient (Wildman–Crippen LogP) is 3.23. The molecular formula is C18H25NO2. The van der Waals surface area contributed by atoms with E-state index < -0.39 is 0 Å². The zero-order valence-electron chi connectivity index (χ0n) is 12.7. The van der Waals surface area contributed by atoms with Crippen LogP contribution in [0.25, 0.3) is 0 Å². The standard InChI is InChI=1S/C18H25NO2/c1-8-18(9-1)14-20-11-10-19(18)12-15-4-6-17(7-5-15)21-13-16-2-3-16/h4-7,16H,1-3,8-14H2. The first-order chi connectivity index (χ1) is 10.3. The molecule has 0 N–H and O–H groups in total. The fourth-order valence-electron chi connectivity index (χ4n) is 3.47.